The molecule has 1 saturated carbocycles. The van der Waals surface area contributed by atoms with E-state index in [2.05, 4.69) is 0 Å². The Morgan fingerprint density at radius 1 is 1.45 bits per heavy atom. The van der Waals surface area contributed by atoms with E-state index in [1.165, 1.54) is 0 Å². The summed E-state index contributed by atoms with van der Waals surface area (Å²) < 4.78 is 29.6. The van der Waals surface area contributed by atoms with Crippen LogP contribution in [0.5, 0.6) is 0 Å². The fourth-order valence-corrected chi connectivity index (χ4v) is 1.30. The summed E-state index contributed by atoms with van der Waals surface area (Å²) in [5.41, 5.74) is 0. The van der Waals surface area contributed by atoms with Crippen molar-refractivity contribution in [1.82, 2.24) is 0 Å². The van der Waals surface area contributed by atoms with Gasteiger partial charge in [-0.25, -0.2) is 8.78 Å². The zero-order valence-corrected chi connectivity index (χ0v) is 6.78. The minimum absolute atomic E-state index is 0.0245. The smallest absolute Gasteiger partial charge is 0.248 e. The Labute approximate surface area is 65.7 Å². The molecule has 1 rings (SSSR count). The quantitative estimate of drug-likeness (QED) is 0.580. The predicted molar refractivity (Wildman–Crippen MR) is 38.8 cm³/mol. The van der Waals surface area contributed by atoms with Crippen LogP contribution in [0.15, 0.2) is 0 Å². The number of hydrogen-bond acceptors (Lipinski definition) is 1. The standard InChI is InChI=1S/C8H14F2O/c1-2-3-11-6-7-4-8(9,10)5-7/h7H,2-6H2,1H3. The van der Waals surface area contributed by atoms with Crippen molar-refractivity contribution in [2.45, 2.75) is 32.1 Å². The lowest BCUT2D eigenvalue weighted by Crippen LogP contribution is -2.37. The molecule has 11 heavy (non-hydrogen) atoms. The Bertz CT molecular complexity index is 117. The zero-order valence-electron chi connectivity index (χ0n) is 6.78. The van der Waals surface area contributed by atoms with Crippen LogP contribution in [-0.2, 0) is 4.74 Å². The van der Waals surface area contributed by atoms with Gasteiger partial charge in [0.25, 0.3) is 0 Å². The van der Waals surface area contributed by atoms with E-state index in [9.17, 15) is 8.78 Å². The van der Waals surface area contributed by atoms with E-state index in [-0.39, 0.29) is 18.8 Å². The molecule has 66 valence electrons. The van der Waals surface area contributed by atoms with E-state index in [0.717, 1.165) is 6.42 Å². The maximum absolute atomic E-state index is 12.2. The first-order valence-corrected chi connectivity index (χ1v) is 4.09. The van der Waals surface area contributed by atoms with E-state index in [1.54, 1.807) is 0 Å². The highest BCUT2D eigenvalue weighted by atomic mass is 19.3. The largest absolute Gasteiger partial charge is 0.381 e. The van der Waals surface area contributed by atoms with Crippen LogP contribution < -0.4 is 0 Å². The van der Waals surface area contributed by atoms with Gasteiger partial charge in [0.1, 0.15) is 0 Å². The maximum atomic E-state index is 12.2. The molecule has 1 aliphatic rings. The summed E-state index contributed by atoms with van der Waals surface area (Å²) in [6.07, 6.45) is 1.01. The van der Waals surface area contributed by atoms with Gasteiger partial charge in [-0.1, -0.05) is 6.92 Å². The van der Waals surface area contributed by atoms with Crippen LogP contribution in [0.1, 0.15) is 26.2 Å². The van der Waals surface area contributed by atoms with E-state index >= 15 is 0 Å². The molecule has 0 aromatic heterocycles. The van der Waals surface area contributed by atoms with E-state index < -0.39 is 5.92 Å². The van der Waals surface area contributed by atoms with Crippen molar-refractivity contribution in [2.24, 2.45) is 5.92 Å². The molecule has 0 aromatic carbocycles. The Morgan fingerprint density at radius 2 is 2.09 bits per heavy atom. The number of ether oxygens (including phenoxy) is 1. The zero-order chi connectivity index (χ0) is 8.32. The molecule has 1 fully saturated rings. The van der Waals surface area contributed by atoms with Gasteiger partial charge >= 0.3 is 0 Å². The molecule has 0 heterocycles. The van der Waals surface area contributed by atoms with Gasteiger partial charge in [0.15, 0.2) is 0 Å². The second-order valence-corrected chi connectivity index (χ2v) is 3.21. The summed E-state index contributed by atoms with van der Waals surface area (Å²) >= 11 is 0. The van der Waals surface area contributed by atoms with Gasteiger partial charge in [0.05, 0.1) is 0 Å². The molecule has 0 bridgehead atoms. The Hall–Kier alpha value is -0.180. The van der Waals surface area contributed by atoms with Gasteiger partial charge in [0, 0.05) is 26.1 Å². The van der Waals surface area contributed by atoms with E-state index in [0.29, 0.717) is 13.2 Å². The van der Waals surface area contributed by atoms with Crippen LogP contribution >= 0.6 is 0 Å². The van der Waals surface area contributed by atoms with Crippen LogP contribution in [0, 0.1) is 5.92 Å². The Morgan fingerprint density at radius 3 is 2.55 bits per heavy atom. The van der Waals surface area contributed by atoms with Crippen molar-refractivity contribution in [3.8, 4) is 0 Å². The van der Waals surface area contributed by atoms with Gasteiger partial charge in [-0.05, 0) is 12.3 Å². The summed E-state index contributed by atoms with van der Waals surface area (Å²) in [7, 11) is 0. The average Bonchev–Trinajstić information content (AvgIpc) is 1.84. The van der Waals surface area contributed by atoms with Gasteiger partial charge in [-0.15, -0.1) is 0 Å². The lowest BCUT2D eigenvalue weighted by Gasteiger charge is -2.34. The van der Waals surface area contributed by atoms with Gasteiger partial charge in [0.2, 0.25) is 5.92 Å². The molecule has 0 spiro atoms. The molecule has 0 atom stereocenters. The van der Waals surface area contributed by atoms with Gasteiger partial charge < -0.3 is 4.74 Å². The molecule has 1 nitrogen and oxygen atoms in total. The number of rotatable bonds is 4. The lowest BCUT2D eigenvalue weighted by molar-refractivity contribution is -0.128. The third kappa shape index (κ3) is 2.73. The third-order valence-corrected chi connectivity index (χ3v) is 1.88. The summed E-state index contributed by atoms with van der Waals surface area (Å²) in [6, 6.07) is 0. The molecule has 0 amide bonds. The molecule has 3 heteroatoms. The van der Waals surface area contributed by atoms with Gasteiger partial charge in [-0.2, -0.15) is 0 Å². The minimum atomic E-state index is -2.39. The van der Waals surface area contributed by atoms with E-state index in [1.807, 2.05) is 6.92 Å². The topological polar surface area (TPSA) is 9.23 Å². The summed E-state index contributed by atoms with van der Waals surface area (Å²) in [5.74, 6) is -2.28. The van der Waals surface area contributed by atoms with Crippen LogP contribution in [0.2, 0.25) is 0 Å². The molecule has 0 radical (unpaired) electrons. The van der Waals surface area contributed by atoms with Crippen molar-refractivity contribution in [1.29, 1.82) is 0 Å². The van der Waals surface area contributed by atoms with Crippen molar-refractivity contribution < 1.29 is 13.5 Å². The molecule has 0 unspecified atom stereocenters. The van der Waals surface area contributed by atoms with Crippen molar-refractivity contribution >= 4 is 0 Å². The third-order valence-electron chi connectivity index (χ3n) is 1.88. The number of alkyl halides is 2. The molecule has 0 aliphatic heterocycles. The second kappa shape index (κ2) is 3.48. The Balaban J connectivity index is 1.96. The summed E-state index contributed by atoms with van der Waals surface area (Å²) in [5, 5.41) is 0. The molecule has 0 saturated heterocycles. The van der Waals surface area contributed by atoms with Crippen molar-refractivity contribution in [3.05, 3.63) is 0 Å². The van der Waals surface area contributed by atoms with E-state index in [4.69, 9.17) is 4.74 Å². The monoisotopic (exact) mass is 164 g/mol. The first kappa shape index (κ1) is 8.91. The van der Waals surface area contributed by atoms with Crippen LogP contribution in [0.4, 0.5) is 8.78 Å². The molecular weight excluding hydrogens is 150 g/mol. The highest BCUT2D eigenvalue weighted by Crippen LogP contribution is 2.42. The molecular formula is C8H14F2O. The molecule has 0 N–H and O–H groups in total. The van der Waals surface area contributed by atoms with Crippen LogP contribution in [0.25, 0.3) is 0 Å². The summed E-state index contributed by atoms with van der Waals surface area (Å²) in [6.45, 7) is 3.22. The lowest BCUT2D eigenvalue weighted by atomic mass is 9.82. The van der Waals surface area contributed by atoms with Crippen LogP contribution in [0.3, 0.4) is 0 Å². The fraction of sp³-hybridized carbons (Fsp3) is 1.00. The number of hydrogen-bond donors (Lipinski definition) is 0. The summed E-state index contributed by atoms with van der Waals surface area (Å²) in [4.78, 5) is 0. The maximum Gasteiger partial charge on any atom is 0.248 e. The van der Waals surface area contributed by atoms with Crippen molar-refractivity contribution in [3.63, 3.8) is 0 Å². The average molecular weight is 164 g/mol. The minimum Gasteiger partial charge on any atom is -0.381 e. The molecule has 0 aromatic rings. The fourth-order valence-electron chi connectivity index (χ4n) is 1.30. The first-order chi connectivity index (χ1) is 5.14. The SMILES string of the molecule is CCCOCC1CC(F)(F)C1. The highest BCUT2D eigenvalue weighted by molar-refractivity contribution is 4.85. The van der Waals surface area contributed by atoms with Crippen LogP contribution in [-0.4, -0.2) is 19.1 Å². The Kier molecular flexibility index (Phi) is 2.82. The predicted octanol–water partition coefficient (Wildman–Crippen LogP) is 2.46. The molecule has 1 aliphatic carbocycles. The van der Waals surface area contributed by atoms with Crippen molar-refractivity contribution in [2.75, 3.05) is 13.2 Å². The first-order valence-electron chi connectivity index (χ1n) is 4.09. The van der Waals surface area contributed by atoms with Gasteiger partial charge in [-0.3, -0.25) is 0 Å². The highest BCUT2D eigenvalue weighted by Gasteiger charge is 2.44. The normalized spacial score (nSPS) is 23.2. The number of halogens is 2. The second-order valence-electron chi connectivity index (χ2n) is 3.21.